The van der Waals surface area contributed by atoms with E-state index in [2.05, 4.69) is 17.3 Å². The van der Waals surface area contributed by atoms with Gasteiger partial charge in [0.2, 0.25) is 0 Å². The van der Waals surface area contributed by atoms with Crippen LogP contribution in [0, 0.1) is 0 Å². The lowest BCUT2D eigenvalue weighted by Gasteiger charge is -2.15. The van der Waals surface area contributed by atoms with E-state index < -0.39 is 0 Å². The van der Waals surface area contributed by atoms with Crippen LogP contribution in [0.2, 0.25) is 0 Å². The summed E-state index contributed by atoms with van der Waals surface area (Å²) in [6.07, 6.45) is 3.93. The topological polar surface area (TPSA) is 47.9 Å². The predicted octanol–water partition coefficient (Wildman–Crippen LogP) is 2.33. The molecule has 1 aromatic rings. The standard InChI is InChI=1S/C13H19N3OS/c1-3-4-9-14-13(18)16(2)15-10-11-5-7-12(17)8-6-11/h5-8,10,17H,3-4,9H2,1-2H3,(H,14,18). The van der Waals surface area contributed by atoms with Crippen molar-refractivity contribution in [1.82, 2.24) is 10.3 Å². The maximum atomic E-state index is 9.16. The zero-order valence-corrected chi connectivity index (χ0v) is 11.6. The molecule has 0 aliphatic carbocycles. The highest BCUT2D eigenvalue weighted by Crippen LogP contribution is 2.07. The SMILES string of the molecule is CCCCNC(=S)N(C)N=Cc1ccc(O)cc1. The average molecular weight is 265 g/mol. The molecule has 0 unspecified atom stereocenters. The largest absolute Gasteiger partial charge is 0.508 e. The first-order valence-corrected chi connectivity index (χ1v) is 6.39. The molecular weight excluding hydrogens is 246 g/mol. The van der Waals surface area contributed by atoms with Gasteiger partial charge >= 0.3 is 0 Å². The second-order valence-electron chi connectivity index (χ2n) is 3.95. The summed E-state index contributed by atoms with van der Waals surface area (Å²) in [6.45, 7) is 3.01. The maximum absolute atomic E-state index is 9.16. The normalized spacial score (nSPS) is 10.6. The van der Waals surface area contributed by atoms with Crippen LogP contribution in [0.1, 0.15) is 25.3 Å². The van der Waals surface area contributed by atoms with Crippen LogP contribution in [0.5, 0.6) is 5.75 Å². The molecule has 1 aromatic carbocycles. The highest BCUT2D eigenvalue weighted by Gasteiger charge is 1.99. The Labute approximate surface area is 113 Å². The number of benzene rings is 1. The van der Waals surface area contributed by atoms with Crippen molar-refractivity contribution in [2.24, 2.45) is 5.10 Å². The van der Waals surface area contributed by atoms with E-state index in [1.54, 1.807) is 42.5 Å². The summed E-state index contributed by atoms with van der Waals surface area (Å²) < 4.78 is 0. The minimum atomic E-state index is 0.247. The van der Waals surface area contributed by atoms with Crippen molar-refractivity contribution in [3.63, 3.8) is 0 Å². The van der Waals surface area contributed by atoms with E-state index >= 15 is 0 Å². The van der Waals surface area contributed by atoms with Crippen LogP contribution in [0.3, 0.4) is 0 Å². The molecule has 0 radical (unpaired) electrons. The summed E-state index contributed by atoms with van der Waals surface area (Å²) in [6, 6.07) is 6.83. The van der Waals surface area contributed by atoms with Gasteiger partial charge in [-0.05, 0) is 48.5 Å². The van der Waals surface area contributed by atoms with Gasteiger partial charge in [-0.1, -0.05) is 13.3 Å². The first-order chi connectivity index (χ1) is 8.63. The molecule has 0 aliphatic rings. The lowest BCUT2D eigenvalue weighted by Crippen LogP contribution is -2.34. The number of hydrazone groups is 1. The van der Waals surface area contributed by atoms with E-state index in [9.17, 15) is 0 Å². The van der Waals surface area contributed by atoms with Crippen molar-refractivity contribution in [3.05, 3.63) is 29.8 Å². The first kappa shape index (κ1) is 14.4. The van der Waals surface area contributed by atoms with Gasteiger partial charge < -0.3 is 10.4 Å². The second kappa shape index (κ2) is 7.66. The maximum Gasteiger partial charge on any atom is 0.189 e. The minimum Gasteiger partial charge on any atom is -0.508 e. The fraction of sp³-hybridized carbons (Fsp3) is 0.385. The van der Waals surface area contributed by atoms with Crippen LogP contribution in [-0.4, -0.2) is 35.0 Å². The summed E-state index contributed by atoms with van der Waals surface area (Å²) in [7, 11) is 1.80. The molecule has 4 nitrogen and oxygen atoms in total. The van der Waals surface area contributed by atoms with Gasteiger partial charge in [-0.3, -0.25) is 0 Å². The Balaban J connectivity index is 2.45. The number of hydrogen-bond donors (Lipinski definition) is 2. The van der Waals surface area contributed by atoms with E-state index in [1.807, 2.05) is 0 Å². The second-order valence-corrected chi connectivity index (χ2v) is 4.33. The number of unbranched alkanes of at least 4 members (excludes halogenated alkanes) is 1. The molecular formula is C13H19N3OS. The lowest BCUT2D eigenvalue weighted by atomic mass is 10.2. The number of phenolic OH excluding ortho intramolecular Hbond substituents is 1. The fourth-order valence-corrected chi connectivity index (χ4v) is 1.40. The number of hydrogen-bond acceptors (Lipinski definition) is 3. The molecule has 0 bridgehead atoms. The number of phenols is 1. The van der Waals surface area contributed by atoms with Gasteiger partial charge in [0, 0.05) is 13.6 Å². The Morgan fingerprint density at radius 2 is 2.11 bits per heavy atom. The van der Waals surface area contributed by atoms with E-state index in [-0.39, 0.29) is 5.75 Å². The Bertz CT molecular complexity index is 403. The molecule has 2 N–H and O–H groups in total. The first-order valence-electron chi connectivity index (χ1n) is 5.98. The van der Waals surface area contributed by atoms with Crippen LogP contribution < -0.4 is 5.32 Å². The van der Waals surface area contributed by atoms with Gasteiger partial charge in [0.05, 0.1) is 6.21 Å². The minimum absolute atomic E-state index is 0.247. The zero-order valence-electron chi connectivity index (χ0n) is 10.8. The third-order valence-electron chi connectivity index (χ3n) is 2.37. The van der Waals surface area contributed by atoms with E-state index in [4.69, 9.17) is 17.3 Å². The van der Waals surface area contributed by atoms with Crippen molar-refractivity contribution in [2.45, 2.75) is 19.8 Å². The van der Waals surface area contributed by atoms with Crippen molar-refractivity contribution >= 4 is 23.5 Å². The predicted molar refractivity (Wildman–Crippen MR) is 79.0 cm³/mol. The van der Waals surface area contributed by atoms with Crippen LogP contribution in [0.25, 0.3) is 0 Å². The fourth-order valence-electron chi connectivity index (χ4n) is 1.25. The molecule has 0 spiro atoms. The summed E-state index contributed by atoms with van der Waals surface area (Å²) >= 11 is 5.19. The quantitative estimate of drug-likeness (QED) is 0.371. The van der Waals surface area contributed by atoms with Gasteiger partial charge in [0.25, 0.3) is 0 Å². The number of nitrogens with one attached hydrogen (secondary N) is 1. The lowest BCUT2D eigenvalue weighted by molar-refractivity contribution is 0.475. The van der Waals surface area contributed by atoms with Gasteiger partial charge in [-0.2, -0.15) is 5.10 Å². The molecule has 98 valence electrons. The molecule has 0 atom stereocenters. The molecule has 5 heteroatoms. The van der Waals surface area contributed by atoms with Gasteiger partial charge in [-0.15, -0.1) is 0 Å². The van der Waals surface area contributed by atoms with Gasteiger partial charge in [-0.25, -0.2) is 5.01 Å². The van der Waals surface area contributed by atoms with Crippen molar-refractivity contribution in [3.8, 4) is 5.75 Å². The van der Waals surface area contributed by atoms with E-state index in [1.165, 1.54) is 0 Å². The van der Waals surface area contributed by atoms with Crippen LogP contribution in [0.4, 0.5) is 0 Å². The Morgan fingerprint density at radius 3 is 2.72 bits per heavy atom. The Morgan fingerprint density at radius 1 is 1.44 bits per heavy atom. The van der Waals surface area contributed by atoms with E-state index in [0.717, 1.165) is 24.9 Å². The molecule has 0 aromatic heterocycles. The average Bonchev–Trinajstić information content (AvgIpc) is 2.38. The number of nitrogens with zero attached hydrogens (tertiary/aromatic N) is 2. The number of thiocarbonyl (C=S) groups is 1. The van der Waals surface area contributed by atoms with Crippen molar-refractivity contribution in [2.75, 3.05) is 13.6 Å². The van der Waals surface area contributed by atoms with Crippen molar-refractivity contribution < 1.29 is 5.11 Å². The van der Waals surface area contributed by atoms with Crippen LogP contribution in [-0.2, 0) is 0 Å². The number of rotatable bonds is 5. The summed E-state index contributed by atoms with van der Waals surface area (Å²) in [5.41, 5.74) is 0.913. The Hall–Kier alpha value is -1.62. The highest BCUT2D eigenvalue weighted by molar-refractivity contribution is 7.80. The summed E-state index contributed by atoms with van der Waals surface area (Å²) in [5.74, 6) is 0.247. The highest BCUT2D eigenvalue weighted by atomic mass is 32.1. The number of aromatic hydroxyl groups is 1. The molecule has 0 saturated heterocycles. The molecule has 18 heavy (non-hydrogen) atoms. The molecule has 0 heterocycles. The molecule has 1 rings (SSSR count). The van der Waals surface area contributed by atoms with E-state index in [0.29, 0.717) is 5.11 Å². The Kier molecular flexibility index (Phi) is 6.14. The monoisotopic (exact) mass is 265 g/mol. The van der Waals surface area contributed by atoms with Gasteiger partial charge in [0.1, 0.15) is 5.75 Å². The molecule has 0 saturated carbocycles. The third-order valence-corrected chi connectivity index (χ3v) is 2.78. The summed E-state index contributed by atoms with van der Waals surface area (Å²) in [4.78, 5) is 0. The molecule has 0 fully saturated rings. The van der Waals surface area contributed by atoms with Gasteiger partial charge in [0.15, 0.2) is 5.11 Å². The summed E-state index contributed by atoms with van der Waals surface area (Å²) in [5, 5.41) is 18.7. The molecule has 0 amide bonds. The smallest absolute Gasteiger partial charge is 0.189 e. The van der Waals surface area contributed by atoms with Crippen LogP contribution in [0.15, 0.2) is 29.4 Å². The van der Waals surface area contributed by atoms with Crippen LogP contribution >= 0.6 is 12.2 Å². The third kappa shape index (κ3) is 5.14. The molecule has 0 aliphatic heterocycles. The van der Waals surface area contributed by atoms with Crippen molar-refractivity contribution in [1.29, 1.82) is 0 Å². The zero-order chi connectivity index (χ0) is 13.4.